The molecule has 6 nitrogen and oxygen atoms in total. The number of rotatable bonds is 3. The van der Waals surface area contributed by atoms with Crippen molar-refractivity contribution >= 4 is 5.91 Å². The molecule has 3 fully saturated rings. The molecule has 2 unspecified atom stereocenters. The molecular weight excluding hydrogens is 268 g/mol. The van der Waals surface area contributed by atoms with Crippen LogP contribution in [0.3, 0.4) is 0 Å². The van der Waals surface area contributed by atoms with E-state index in [1.54, 1.807) is 0 Å². The fraction of sp³-hybridized carbons (Fsp3) is 0.800. The van der Waals surface area contributed by atoms with Crippen LogP contribution >= 0.6 is 0 Å². The number of hydrogen-bond acceptors (Lipinski definition) is 5. The number of nitrogens with zero attached hydrogens (tertiary/aromatic N) is 3. The van der Waals surface area contributed by atoms with Gasteiger partial charge in [0.15, 0.2) is 5.82 Å². The van der Waals surface area contributed by atoms with Crippen molar-refractivity contribution < 1.29 is 9.32 Å². The zero-order valence-electron chi connectivity index (χ0n) is 12.3. The van der Waals surface area contributed by atoms with Crippen LogP contribution in [0.25, 0.3) is 0 Å². The number of hydrogen-bond donors (Lipinski definition) is 1. The summed E-state index contributed by atoms with van der Waals surface area (Å²) in [6.07, 6.45) is 6.48. The van der Waals surface area contributed by atoms with E-state index in [1.807, 2.05) is 4.90 Å². The number of amides is 1. The highest BCUT2D eigenvalue weighted by molar-refractivity contribution is 5.82. The van der Waals surface area contributed by atoms with Gasteiger partial charge >= 0.3 is 0 Å². The summed E-state index contributed by atoms with van der Waals surface area (Å²) >= 11 is 0. The first kappa shape index (κ1) is 13.2. The van der Waals surface area contributed by atoms with E-state index in [1.165, 1.54) is 12.8 Å². The quantitative estimate of drug-likeness (QED) is 0.911. The maximum atomic E-state index is 12.5. The van der Waals surface area contributed by atoms with Crippen LogP contribution < -0.4 is 5.32 Å². The number of nitrogens with one attached hydrogen (secondary N) is 1. The monoisotopic (exact) mass is 290 g/mol. The van der Waals surface area contributed by atoms with E-state index >= 15 is 0 Å². The van der Waals surface area contributed by atoms with Gasteiger partial charge in [-0.15, -0.1) is 0 Å². The van der Waals surface area contributed by atoms with E-state index in [-0.39, 0.29) is 17.9 Å². The first-order valence-electron chi connectivity index (χ1n) is 8.17. The summed E-state index contributed by atoms with van der Waals surface area (Å²) < 4.78 is 5.36. The van der Waals surface area contributed by atoms with E-state index < -0.39 is 0 Å². The van der Waals surface area contributed by atoms with Crippen LogP contribution in [0.15, 0.2) is 4.52 Å². The molecule has 0 bridgehead atoms. The van der Waals surface area contributed by atoms with Gasteiger partial charge in [0.1, 0.15) is 0 Å². The predicted molar refractivity (Wildman–Crippen MR) is 75.9 cm³/mol. The average molecular weight is 290 g/mol. The van der Waals surface area contributed by atoms with E-state index in [2.05, 4.69) is 15.5 Å². The maximum absolute atomic E-state index is 12.5. The van der Waals surface area contributed by atoms with Crippen molar-refractivity contribution in [3.63, 3.8) is 0 Å². The molecule has 4 rings (SSSR count). The molecule has 3 aliphatic rings. The Hall–Kier alpha value is -1.43. The van der Waals surface area contributed by atoms with E-state index in [4.69, 9.17) is 4.52 Å². The minimum Gasteiger partial charge on any atom is -0.341 e. The van der Waals surface area contributed by atoms with Gasteiger partial charge in [0.25, 0.3) is 0 Å². The van der Waals surface area contributed by atoms with Gasteiger partial charge in [-0.25, -0.2) is 0 Å². The van der Waals surface area contributed by atoms with Gasteiger partial charge in [-0.3, -0.25) is 4.79 Å². The first-order valence-corrected chi connectivity index (χ1v) is 8.17. The summed E-state index contributed by atoms with van der Waals surface area (Å²) in [4.78, 5) is 19.0. The maximum Gasteiger partial charge on any atom is 0.239 e. The second-order valence-corrected chi connectivity index (χ2v) is 6.54. The van der Waals surface area contributed by atoms with Crippen LogP contribution in [0.5, 0.6) is 0 Å². The summed E-state index contributed by atoms with van der Waals surface area (Å²) in [6.45, 7) is 2.56. The minimum atomic E-state index is 0.0241. The zero-order valence-corrected chi connectivity index (χ0v) is 12.3. The fourth-order valence-corrected chi connectivity index (χ4v) is 3.41. The molecule has 1 saturated carbocycles. The third-order valence-corrected chi connectivity index (χ3v) is 4.84. The smallest absolute Gasteiger partial charge is 0.239 e. The normalized spacial score (nSPS) is 29.8. The van der Waals surface area contributed by atoms with Crippen molar-refractivity contribution in [3.8, 4) is 0 Å². The molecular formula is C15H22N4O2. The Morgan fingerprint density at radius 2 is 2.10 bits per heavy atom. The first-order chi connectivity index (χ1) is 10.3. The molecule has 3 heterocycles. The predicted octanol–water partition coefficient (Wildman–Crippen LogP) is 1.40. The number of likely N-dealkylation sites (tertiary alicyclic amines) is 1. The molecule has 2 saturated heterocycles. The van der Waals surface area contributed by atoms with Crippen LogP contribution in [0.1, 0.15) is 62.1 Å². The molecule has 0 radical (unpaired) electrons. The highest BCUT2D eigenvalue weighted by Crippen LogP contribution is 2.39. The van der Waals surface area contributed by atoms with Gasteiger partial charge in [-0.1, -0.05) is 5.16 Å². The molecule has 1 amide bonds. The summed E-state index contributed by atoms with van der Waals surface area (Å²) in [6, 6.07) is 0.0241. The molecule has 2 aliphatic heterocycles. The van der Waals surface area contributed by atoms with Crippen LogP contribution in [-0.2, 0) is 4.79 Å². The molecule has 6 heteroatoms. The lowest BCUT2D eigenvalue weighted by Crippen LogP contribution is -2.47. The van der Waals surface area contributed by atoms with Gasteiger partial charge in [-0.2, -0.15) is 4.98 Å². The van der Waals surface area contributed by atoms with Crippen LogP contribution in [-0.4, -0.2) is 46.6 Å². The van der Waals surface area contributed by atoms with Crippen LogP contribution in [0, 0.1) is 0 Å². The van der Waals surface area contributed by atoms with Crippen molar-refractivity contribution in [2.24, 2.45) is 0 Å². The number of carbonyl (C=O) groups excluding carboxylic acids is 1. The van der Waals surface area contributed by atoms with E-state index in [9.17, 15) is 4.79 Å². The number of aromatic nitrogens is 2. The van der Waals surface area contributed by atoms with Gasteiger partial charge in [0.05, 0.1) is 6.04 Å². The lowest BCUT2D eigenvalue weighted by Gasteiger charge is -2.33. The van der Waals surface area contributed by atoms with Crippen molar-refractivity contribution in [2.45, 2.75) is 56.4 Å². The lowest BCUT2D eigenvalue weighted by atomic mass is 9.96. The standard InChI is InChI=1S/C15H22N4O2/c20-15(12-4-1-7-16-12)19-8-2-3-11(9-19)13-17-14(21-18-13)10-5-6-10/h10-12,16H,1-9H2. The SMILES string of the molecule is O=C(C1CCCN1)N1CCCC(c2noc(C3CC3)n2)C1. The highest BCUT2D eigenvalue weighted by atomic mass is 16.5. The number of carbonyl (C=O) groups is 1. The fourth-order valence-electron chi connectivity index (χ4n) is 3.41. The molecule has 1 N–H and O–H groups in total. The topological polar surface area (TPSA) is 71.3 Å². The van der Waals surface area contributed by atoms with Gasteiger partial charge in [-0.05, 0) is 45.1 Å². The summed E-state index contributed by atoms with van der Waals surface area (Å²) in [7, 11) is 0. The molecule has 2 atom stereocenters. The Balaban J connectivity index is 1.42. The van der Waals surface area contributed by atoms with Crippen molar-refractivity contribution in [1.82, 2.24) is 20.4 Å². The van der Waals surface area contributed by atoms with Crippen LogP contribution in [0.4, 0.5) is 0 Å². The Morgan fingerprint density at radius 1 is 1.19 bits per heavy atom. The number of piperidine rings is 1. The largest absolute Gasteiger partial charge is 0.341 e. The summed E-state index contributed by atoms with van der Waals surface area (Å²) in [5.41, 5.74) is 0. The highest BCUT2D eigenvalue weighted by Gasteiger charge is 2.34. The molecule has 1 aromatic heterocycles. The van der Waals surface area contributed by atoms with E-state index in [0.29, 0.717) is 5.92 Å². The second-order valence-electron chi connectivity index (χ2n) is 6.54. The third kappa shape index (κ3) is 2.69. The molecule has 114 valence electrons. The third-order valence-electron chi connectivity index (χ3n) is 4.84. The Labute approximate surface area is 124 Å². The second kappa shape index (κ2) is 5.40. The molecule has 0 aromatic carbocycles. The van der Waals surface area contributed by atoms with Gasteiger partial charge < -0.3 is 14.7 Å². The van der Waals surface area contributed by atoms with Crippen molar-refractivity contribution in [1.29, 1.82) is 0 Å². The average Bonchev–Trinajstić information content (AvgIpc) is 3.05. The Kier molecular flexibility index (Phi) is 3.41. The van der Waals surface area contributed by atoms with E-state index in [0.717, 1.165) is 57.0 Å². The molecule has 0 spiro atoms. The molecule has 1 aliphatic carbocycles. The van der Waals surface area contributed by atoms with Gasteiger partial charge in [0, 0.05) is 24.9 Å². The minimum absolute atomic E-state index is 0.0241. The zero-order chi connectivity index (χ0) is 14.2. The summed E-state index contributed by atoms with van der Waals surface area (Å²) in [5.74, 6) is 2.58. The van der Waals surface area contributed by atoms with Crippen molar-refractivity contribution in [3.05, 3.63) is 11.7 Å². The summed E-state index contributed by atoms with van der Waals surface area (Å²) in [5, 5.41) is 7.45. The van der Waals surface area contributed by atoms with Gasteiger partial charge in [0.2, 0.25) is 11.8 Å². The lowest BCUT2D eigenvalue weighted by molar-refractivity contribution is -0.134. The Morgan fingerprint density at radius 3 is 2.86 bits per heavy atom. The van der Waals surface area contributed by atoms with Crippen molar-refractivity contribution in [2.75, 3.05) is 19.6 Å². The molecule has 1 aromatic rings. The Bertz CT molecular complexity index is 519. The molecule has 21 heavy (non-hydrogen) atoms. The van der Waals surface area contributed by atoms with Crippen LogP contribution in [0.2, 0.25) is 0 Å².